The first-order valence-corrected chi connectivity index (χ1v) is 12.2. The van der Waals surface area contributed by atoms with E-state index in [2.05, 4.69) is 19.1 Å². The van der Waals surface area contributed by atoms with Gasteiger partial charge in [-0.25, -0.2) is 0 Å². The van der Waals surface area contributed by atoms with Crippen molar-refractivity contribution in [3.63, 3.8) is 0 Å². The Morgan fingerprint density at radius 2 is 1.63 bits per heavy atom. The first-order valence-electron chi connectivity index (χ1n) is 12.2. The van der Waals surface area contributed by atoms with Gasteiger partial charge >= 0.3 is 0 Å². The molecule has 0 radical (unpaired) electrons. The van der Waals surface area contributed by atoms with Gasteiger partial charge in [0.05, 0.1) is 11.1 Å². The highest BCUT2D eigenvalue weighted by Crippen LogP contribution is 2.33. The number of amides is 2. The van der Waals surface area contributed by atoms with Crippen LogP contribution in [0.4, 0.5) is 0 Å². The van der Waals surface area contributed by atoms with Gasteiger partial charge < -0.3 is 9.80 Å². The highest BCUT2D eigenvalue weighted by atomic mass is 16.2. The molecule has 0 saturated carbocycles. The second kappa shape index (κ2) is 8.38. The zero-order valence-corrected chi connectivity index (χ0v) is 20.1. The van der Waals surface area contributed by atoms with Crippen molar-refractivity contribution in [2.24, 2.45) is 7.05 Å². The number of benzene rings is 3. The number of aryl methyl sites for hydroxylation is 2. The average Bonchev–Trinajstić information content (AvgIpc) is 3.41. The van der Waals surface area contributed by atoms with Crippen molar-refractivity contribution < 1.29 is 9.59 Å². The summed E-state index contributed by atoms with van der Waals surface area (Å²) in [4.78, 5) is 30.5. The third-order valence-electron chi connectivity index (χ3n) is 7.54. The Labute approximate surface area is 204 Å². The average molecular weight is 465 g/mol. The van der Waals surface area contributed by atoms with Crippen molar-refractivity contribution in [3.8, 4) is 11.3 Å². The first kappa shape index (κ1) is 21.6. The Morgan fingerprint density at radius 1 is 0.914 bits per heavy atom. The third-order valence-corrected chi connectivity index (χ3v) is 7.54. The lowest BCUT2D eigenvalue weighted by atomic mass is 9.99. The number of likely N-dealkylation sites (tertiary alicyclic amines) is 1. The van der Waals surface area contributed by atoms with Gasteiger partial charge in [-0.05, 0) is 43.0 Å². The Hall–Kier alpha value is -3.93. The SMILES string of the molecule is Cc1ccccc1-c1nn(C)c2c(C(=O)N3CCC(N4Cc5ccccc5C4=O)CC3)cccc12. The summed E-state index contributed by atoms with van der Waals surface area (Å²) in [5.74, 6) is 0.151. The Kier molecular flexibility index (Phi) is 5.17. The van der Waals surface area contributed by atoms with Gasteiger partial charge in [-0.3, -0.25) is 14.3 Å². The van der Waals surface area contributed by atoms with E-state index in [9.17, 15) is 9.59 Å². The number of para-hydroxylation sites is 1. The summed E-state index contributed by atoms with van der Waals surface area (Å²) in [6.45, 7) is 4.03. The molecule has 6 rings (SSSR count). The van der Waals surface area contributed by atoms with Gasteiger partial charge in [0, 0.05) is 49.2 Å². The summed E-state index contributed by atoms with van der Waals surface area (Å²) in [6.07, 6.45) is 1.59. The van der Waals surface area contributed by atoms with Gasteiger partial charge in [-0.2, -0.15) is 5.10 Å². The van der Waals surface area contributed by atoms with E-state index in [0.29, 0.717) is 25.2 Å². The molecule has 1 aromatic heterocycles. The molecule has 0 bridgehead atoms. The maximum absolute atomic E-state index is 13.7. The minimum atomic E-state index is 0.0319. The van der Waals surface area contributed by atoms with Gasteiger partial charge in [0.25, 0.3) is 11.8 Å². The number of carbonyl (C=O) groups is 2. The molecule has 35 heavy (non-hydrogen) atoms. The standard InChI is InChI=1S/C29H28N4O2/c1-19-8-3-5-10-22(19)26-24-12-7-13-25(27(24)31(2)30-26)28(34)32-16-14-21(15-17-32)33-18-20-9-4-6-11-23(20)29(33)35/h3-13,21H,14-18H2,1-2H3. The van der Waals surface area contributed by atoms with Gasteiger partial charge in [0.2, 0.25) is 0 Å². The first-order chi connectivity index (χ1) is 17.0. The van der Waals surface area contributed by atoms with Crippen molar-refractivity contribution in [1.82, 2.24) is 19.6 Å². The van der Waals surface area contributed by atoms with Gasteiger partial charge in [-0.15, -0.1) is 0 Å². The maximum atomic E-state index is 13.7. The second-order valence-electron chi connectivity index (χ2n) is 9.60. The molecular formula is C29H28N4O2. The normalized spacial score (nSPS) is 16.2. The highest BCUT2D eigenvalue weighted by molar-refractivity contribution is 6.09. The van der Waals surface area contributed by atoms with Gasteiger partial charge in [0.1, 0.15) is 5.69 Å². The molecule has 0 aliphatic carbocycles. The number of rotatable bonds is 3. The van der Waals surface area contributed by atoms with Crippen molar-refractivity contribution in [2.45, 2.75) is 32.4 Å². The number of hydrogen-bond donors (Lipinski definition) is 0. The molecule has 3 aromatic carbocycles. The molecule has 2 amide bonds. The van der Waals surface area contributed by atoms with E-state index in [1.807, 2.05) is 76.1 Å². The molecule has 0 unspecified atom stereocenters. The van der Waals surface area contributed by atoms with Crippen LogP contribution in [-0.4, -0.2) is 50.5 Å². The van der Waals surface area contributed by atoms with E-state index in [4.69, 9.17) is 5.10 Å². The fourth-order valence-corrected chi connectivity index (χ4v) is 5.67. The van der Waals surface area contributed by atoms with Crippen LogP contribution in [0, 0.1) is 6.92 Å². The molecule has 0 N–H and O–H groups in total. The van der Waals surface area contributed by atoms with Crippen LogP contribution in [0.5, 0.6) is 0 Å². The molecular weight excluding hydrogens is 436 g/mol. The van der Waals surface area contributed by atoms with Crippen LogP contribution < -0.4 is 0 Å². The number of carbonyl (C=O) groups excluding carboxylic acids is 2. The molecule has 1 fully saturated rings. The molecule has 3 heterocycles. The highest BCUT2D eigenvalue weighted by Gasteiger charge is 2.35. The maximum Gasteiger partial charge on any atom is 0.256 e. The quantitative estimate of drug-likeness (QED) is 0.437. The van der Waals surface area contributed by atoms with Gasteiger partial charge in [0.15, 0.2) is 0 Å². The number of nitrogens with zero attached hydrogens (tertiary/aromatic N) is 4. The number of piperidine rings is 1. The zero-order valence-electron chi connectivity index (χ0n) is 20.1. The Bertz CT molecular complexity index is 1460. The van der Waals surface area contributed by atoms with Crippen LogP contribution >= 0.6 is 0 Å². The monoisotopic (exact) mass is 464 g/mol. The number of hydrogen-bond acceptors (Lipinski definition) is 3. The summed E-state index contributed by atoms with van der Waals surface area (Å²) >= 11 is 0. The molecule has 6 nitrogen and oxygen atoms in total. The lowest BCUT2D eigenvalue weighted by Gasteiger charge is -2.36. The molecule has 176 valence electrons. The third kappa shape index (κ3) is 3.52. The zero-order chi connectivity index (χ0) is 24.1. The van der Waals surface area contributed by atoms with E-state index in [-0.39, 0.29) is 17.9 Å². The molecule has 2 aliphatic heterocycles. The summed E-state index contributed by atoms with van der Waals surface area (Å²) in [7, 11) is 1.91. The van der Waals surface area contributed by atoms with Crippen LogP contribution in [0.1, 0.15) is 44.7 Å². The number of aromatic nitrogens is 2. The molecule has 0 spiro atoms. The minimum absolute atomic E-state index is 0.0319. The van der Waals surface area contributed by atoms with Crippen LogP contribution in [0.2, 0.25) is 0 Å². The largest absolute Gasteiger partial charge is 0.338 e. The fourth-order valence-electron chi connectivity index (χ4n) is 5.67. The Balaban J connectivity index is 1.23. The van der Waals surface area contributed by atoms with E-state index in [1.165, 1.54) is 0 Å². The summed E-state index contributed by atoms with van der Waals surface area (Å²) < 4.78 is 1.83. The van der Waals surface area contributed by atoms with E-state index >= 15 is 0 Å². The lowest BCUT2D eigenvalue weighted by Crippen LogP contribution is -2.46. The van der Waals surface area contributed by atoms with E-state index in [1.54, 1.807) is 0 Å². The summed E-state index contributed by atoms with van der Waals surface area (Å²) in [6, 6.07) is 22.1. The summed E-state index contributed by atoms with van der Waals surface area (Å²) in [5.41, 5.74) is 6.61. The van der Waals surface area contributed by atoms with Crippen molar-refractivity contribution >= 4 is 22.7 Å². The smallest absolute Gasteiger partial charge is 0.256 e. The van der Waals surface area contributed by atoms with Gasteiger partial charge in [-0.1, -0.05) is 54.6 Å². The van der Waals surface area contributed by atoms with Crippen LogP contribution in [0.15, 0.2) is 66.7 Å². The molecule has 6 heteroatoms. The van der Waals surface area contributed by atoms with Crippen LogP contribution in [-0.2, 0) is 13.6 Å². The molecule has 0 atom stereocenters. The second-order valence-corrected chi connectivity index (χ2v) is 9.60. The molecule has 1 saturated heterocycles. The van der Waals surface area contributed by atoms with Crippen LogP contribution in [0.3, 0.4) is 0 Å². The lowest BCUT2D eigenvalue weighted by molar-refractivity contribution is 0.0535. The van der Waals surface area contributed by atoms with Crippen molar-refractivity contribution in [1.29, 1.82) is 0 Å². The summed E-state index contributed by atoms with van der Waals surface area (Å²) in [5, 5.41) is 5.79. The van der Waals surface area contributed by atoms with Crippen LogP contribution in [0.25, 0.3) is 22.2 Å². The minimum Gasteiger partial charge on any atom is -0.338 e. The molecule has 4 aromatic rings. The fraction of sp³-hybridized carbons (Fsp3) is 0.276. The topological polar surface area (TPSA) is 58.4 Å². The predicted molar refractivity (Wildman–Crippen MR) is 136 cm³/mol. The van der Waals surface area contributed by atoms with Crippen molar-refractivity contribution in [2.75, 3.05) is 13.1 Å². The number of fused-ring (bicyclic) bond motifs is 2. The van der Waals surface area contributed by atoms with Crippen molar-refractivity contribution in [3.05, 3.63) is 89.0 Å². The molecule has 2 aliphatic rings. The van der Waals surface area contributed by atoms with E-state index in [0.717, 1.165) is 51.7 Å². The Morgan fingerprint density at radius 3 is 2.37 bits per heavy atom. The predicted octanol–water partition coefficient (Wildman–Crippen LogP) is 4.81. The van der Waals surface area contributed by atoms with E-state index < -0.39 is 0 Å².